The highest BCUT2D eigenvalue weighted by atomic mass is 16.5. The molecule has 0 saturated carbocycles. The van der Waals surface area contributed by atoms with Crippen LogP contribution in [-0.4, -0.2) is 67.5 Å². The predicted octanol–water partition coefficient (Wildman–Crippen LogP) is 2.78. The number of carbonyl (C=O) groups is 1. The van der Waals surface area contributed by atoms with E-state index in [4.69, 9.17) is 4.74 Å². The van der Waals surface area contributed by atoms with Crippen LogP contribution in [-0.2, 0) is 17.9 Å². The molecule has 0 aliphatic carbocycles. The lowest BCUT2D eigenvalue weighted by molar-refractivity contribution is -0.132. The van der Waals surface area contributed by atoms with Crippen molar-refractivity contribution >= 4 is 5.91 Å². The normalized spacial score (nSPS) is 15.4. The van der Waals surface area contributed by atoms with E-state index >= 15 is 0 Å². The van der Waals surface area contributed by atoms with Crippen molar-refractivity contribution in [3.05, 3.63) is 65.2 Å². The Kier molecular flexibility index (Phi) is 7.06. The summed E-state index contributed by atoms with van der Waals surface area (Å²) in [5.74, 6) is 1.00. The van der Waals surface area contributed by atoms with Crippen molar-refractivity contribution in [2.24, 2.45) is 0 Å². The van der Waals surface area contributed by atoms with Gasteiger partial charge in [0.05, 0.1) is 13.7 Å². The third kappa shape index (κ3) is 5.57. The van der Waals surface area contributed by atoms with Crippen molar-refractivity contribution in [2.75, 3.05) is 46.9 Å². The quantitative estimate of drug-likeness (QED) is 0.739. The van der Waals surface area contributed by atoms with E-state index in [0.717, 1.165) is 44.0 Å². The number of likely N-dealkylation sites (N-methyl/N-ethyl adjacent to an activating group) is 1. The molecule has 28 heavy (non-hydrogen) atoms. The van der Waals surface area contributed by atoms with Gasteiger partial charge in [0.25, 0.3) is 0 Å². The van der Waals surface area contributed by atoms with Crippen LogP contribution in [0.2, 0.25) is 0 Å². The Morgan fingerprint density at radius 3 is 2.29 bits per heavy atom. The van der Waals surface area contributed by atoms with E-state index in [1.165, 1.54) is 11.1 Å². The second kappa shape index (κ2) is 9.71. The van der Waals surface area contributed by atoms with Crippen molar-refractivity contribution in [1.82, 2.24) is 14.7 Å². The van der Waals surface area contributed by atoms with E-state index < -0.39 is 0 Å². The number of carbonyl (C=O) groups excluding carboxylic acids is 1. The third-order valence-electron chi connectivity index (χ3n) is 5.48. The average molecular weight is 382 g/mol. The molecule has 0 spiro atoms. The highest BCUT2D eigenvalue weighted by molar-refractivity contribution is 5.78. The maximum atomic E-state index is 12.6. The second-order valence-electron chi connectivity index (χ2n) is 7.58. The van der Waals surface area contributed by atoms with Crippen LogP contribution in [0.4, 0.5) is 0 Å². The van der Waals surface area contributed by atoms with Crippen LogP contribution in [0.3, 0.4) is 0 Å². The zero-order valence-corrected chi connectivity index (χ0v) is 17.2. The molecule has 3 rings (SSSR count). The summed E-state index contributed by atoms with van der Waals surface area (Å²) in [5, 5.41) is 0. The van der Waals surface area contributed by atoms with Gasteiger partial charge in [-0.05, 0) is 35.7 Å². The number of methoxy groups -OCH3 is 1. The average Bonchev–Trinajstić information content (AvgIpc) is 2.71. The molecule has 5 heteroatoms. The molecule has 0 radical (unpaired) electrons. The summed E-state index contributed by atoms with van der Waals surface area (Å²) < 4.78 is 5.18. The second-order valence-corrected chi connectivity index (χ2v) is 7.58. The number of ether oxygens (including phenoxy) is 1. The van der Waals surface area contributed by atoms with Gasteiger partial charge in [-0.15, -0.1) is 0 Å². The van der Waals surface area contributed by atoms with E-state index in [1.807, 2.05) is 36.2 Å². The van der Waals surface area contributed by atoms with E-state index in [0.29, 0.717) is 13.1 Å². The van der Waals surface area contributed by atoms with Crippen LogP contribution in [0.1, 0.15) is 16.7 Å². The Labute approximate surface area is 168 Å². The van der Waals surface area contributed by atoms with Crippen molar-refractivity contribution in [1.29, 1.82) is 0 Å². The van der Waals surface area contributed by atoms with Gasteiger partial charge < -0.3 is 9.64 Å². The molecule has 0 aromatic heterocycles. The number of nitrogens with zero attached hydrogens (tertiary/aromatic N) is 3. The lowest BCUT2D eigenvalue weighted by Gasteiger charge is -2.35. The molecule has 0 bridgehead atoms. The Morgan fingerprint density at radius 1 is 1.00 bits per heavy atom. The van der Waals surface area contributed by atoms with E-state index in [2.05, 4.69) is 41.0 Å². The first-order chi connectivity index (χ1) is 13.5. The standard InChI is InChI=1S/C23H31N3O2/c1-19-6-4-5-7-21(19)17-25-12-14-26(15-13-25)18-23(27)24(2)16-20-8-10-22(28-3)11-9-20/h4-11H,12-18H2,1-3H3. The summed E-state index contributed by atoms with van der Waals surface area (Å²) in [4.78, 5) is 19.2. The van der Waals surface area contributed by atoms with Gasteiger partial charge in [0.1, 0.15) is 5.75 Å². The zero-order valence-electron chi connectivity index (χ0n) is 17.2. The molecule has 0 N–H and O–H groups in total. The zero-order chi connectivity index (χ0) is 19.9. The van der Waals surface area contributed by atoms with Crippen LogP contribution in [0.15, 0.2) is 48.5 Å². The van der Waals surface area contributed by atoms with Gasteiger partial charge >= 0.3 is 0 Å². The third-order valence-corrected chi connectivity index (χ3v) is 5.48. The van der Waals surface area contributed by atoms with Gasteiger partial charge in [-0.2, -0.15) is 0 Å². The molecule has 2 aromatic rings. The molecule has 1 saturated heterocycles. The van der Waals surface area contributed by atoms with Crippen molar-refractivity contribution in [3.63, 3.8) is 0 Å². The lowest BCUT2D eigenvalue weighted by atomic mass is 10.1. The minimum atomic E-state index is 0.170. The SMILES string of the molecule is COc1ccc(CN(C)C(=O)CN2CCN(Cc3ccccc3C)CC2)cc1. The minimum Gasteiger partial charge on any atom is -0.497 e. The summed E-state index contributed by atoms with van der Waals surface area (Å²) >= 11 is 0. The molecule has 1 heterocycles. The number of rotatable bonds is 7. The highest BCUT2D eigenvalue weighted by Crippen LogP contribution is 2.14. The summed E-state index contributed by atoms with van der Waals surface area (Å²) in [6, 6.07) is 16.4. The van der Waals surface area contributed by atoms with Gasteiger partial charge in [0.15, 0.2) is 0 Å². The Balaban J connectivity index is 1.43. The van der Waals surface area contributed by atoms with Crippen molar-refractivity contribution < 1.29 is 9.53 Å². The fraction of sp³-hybridized carbons (Fsp3) is 0.435. The summed E-state index contributed by atoms with van der Waals surface area (Å²) in [5.41, 5.74) is 3.85. The van der Waals surface area contributed by atoms with Crippen LogP contribution >= 0.6 is 0 Å². The van der Waals surface area contributed by atoms with Gasteiger partial charge in [0.2, 0.25) is 5.91 Å². The molecule has 150 valence electrons. The number of hydrogen-bond acceptors (Lipinski definition) is 4. The first kappa shape index (κ1) is 20.4. The molecule has 1 fully saturated rings. The van der Waals surface area contributed by atoms with Crippen LogP contribution in [0.25, 0.3) is 0 Å². The van der Waals surface area contributed by atoms with Gasteiger partial charge in [-0.25, -0.2) is 0 Å². The van der Waals surface area contributed by atoms with E-state index in [9.17, 15) is 4.79 Å². The van der Waals surface area contributed by atoms with Crippen LogP contribution < -0.4 is 4.74 Å². The van der Waals surface area contributed by atoms with Gasteiger partial charge in [0, 0.05) is 46.3 Å². The largest absolute Gasteiger partial charge is 0.497 e. The maximum Gasteiger partial charge on any atom is 0.236 e. The van der Waals surface area contributed by atoms with Crippen molar-refractivity contribution in [3.8, 4) is 5.75 Å². The molecule has 5 nitrogen and oxygen atoms in total. The summed E-state index contributed by atoms with van der Waals surface area (Å²) in [6.07, 6.45) is 0. The van der Waals surface area contributed by atoms with Gasteiger partial charge in [-0.3, -0.25) is 14.6 Å². The molecular weight excluding hydrogens is 350 g/mol. The first-order valence-corrected chi connectivity index (χ1v) is 9.91. The monoisotopic (exact) mass is 381 g/mol. The van der Waals surface area contributed by atoms with E-state index in [-0.39, 0.29) is 5.91 Å². The number of aryl methyl sites for hydroxylation is 1. The van der Waals surface area contributed by atoms with E-state index in [1.54, 1.807) is 7.11 Å². The minimum absolute atomic E-state index is 0.170. The fourth-order valence-corrected chi connectivity index (χ4v) is 3.54. The number of piperazine rings is 1. The highest BCUT2D eigenvalue weighted by Gasteiger charge is 2.21. The van der Waals surface area contributed by atoms with Gasteiger partial charge in [-0.1, -0.05) is 36.4 Å². The molecular formula is C23H31N3O2. The molecule has 2 aromatic carbocycles. The molecule has 1 aliphatic rings. The predicted molar refractivity (Wildman–Crippen MR) is 112 cm³/mol. The molecule has 0 atom stereocenters. The number of amides is 1. The lowest BCUT2D eigenvalue weighted by Crippen LogP contribution is -2.49. The molecule has 1 amide bonds. The van der Waals surface area contributed by atoms with Crippen LogP contribution in [0.5, 0.6) is 5.75 Å². The Hall–Kier alpha value is -2.37. The topological polar surface area (TPSA) is 36.0 Å². The summed E-state index contributed by atoms with van der Waals surface area (Å²) in [6.45, 7) is 8.16. The smallest absolute Gasteiger partial charge is 0.236 e. The molecule has 0 unspecified atom stereocenters. The molecule has 1 aliphatic heterocycles. The fourth-order valence-electron chi connectivity index (χ4n) is 3.54. The maximum absolute atomic E-state index is 12.6. The number of benzene rings is 2. The Morgan fingerprint density at radius 2 is 1.64 bits per heavy atom. The first-order valence-electron chi connectivity index (χ1n) is 9.91. The summed E-state index contributed by atoms with van der Waals surface area (Å²) in [7, 11) is 3.53. The van der Waals surface area contributed by atoms with Crippen LogP contribution in [0, 0.1) is 6.92 Å². The van der Waals surface area contributed by atoms with Crippen molar-refractivity contribution in [2.45, 2.75) is 20.0 Å². The number of hydrogen-bond donors (Lipinski definition) is 0. The Bertz CT molecular complexity index is 768.